The van der Waals surface area contributed by atoms with Crippen molar-refractivity contribution in [2.75, 3.05) is 26.9 Å². The molecular weight excluding hydrogens is 352 g/mol. The number of halogens is 1. The van der Waals surface area contributed by atoms with E-state index in [1.807, 2.05) is 12.1 Å². The third-order valence-corrected chi connectivity index (χ3v) is 5.84. The van der Waals surface area contributed by atoms with Crippen molar-refractivity contribution in [1.29, 1.82) is 0 Å². The molecule has 1 aliphatic carbocycles. The third kappa shape index (κ3) is 4.90. The van der Waals surface area contributed by atoms with Crippen LogP contribution < -0.4 is 15.8 Å². The van der Waals surface area contributed by atoms with E-state index < -0.39 is 0 Å². The number of nitrogens with two attached hydrogens (primary N) is 1. The zero-order valence-corrected chi connectivity index (χ0v) is 16.4. The Kier molecular flexibility index (Phi) is 7.74. The van der Waals surface area contributed by atoms with Crippen molar-refractivity contribution >= 4 is 18.3 Å². The summed E-state index contributed by atoms with van der Waals surface area (Å²) in [6, 6.07) is 8.39. The van der Waals surface area contributed by atoms with Gasteiger partial charge in [-0.25, -0.2) is 0 Å². The van der Waals surface area contributed by atoms with Gasteiger partial charge in [-0.15, -0.1) is 12.4 Å². The van der Waals surface area contributed by atoms with E-state index in [1.54, 1.807) is 7.11 Å². The van der Waals surface area contributed by atoms with E-state index in [0.717, 1.165) is 57.5 Å². The number of hydrogen-bond donors (Lipinski definition) is 2. The van der Waals surface area contributed by atoms with Crippen LogP contribution in [0.3, 0.4) is 0 Å². The molecule has 1 aromatic rings. The average molecular weight is 383 g/mol. The van der Waals surface area contributed by atoms with E-state index in [2.05, 4.69) is 17.4 Å². The van der Waals surface area contributed by atoms with Crippen LogP contribution in [0.1, 0.15) is 44.1 Å². The molecule has 1 aliphatic heterocycles. The average Bonchev–Trinajstić information content (AvgIpc) is 2.67. The van der Waals surface area contributed by atoms with Gasteiger partial charge in [0.05, 0.1) is 7.11 Å². The molecule has 1 heterocycles. The van der Waals surface area contributed by atoms with Gasteiger partial charge < -0.3 is 20.5 Å². The van der Waals surface area contributed by atoms with E-state index in [4.69, 9.17) is 15.2 Å². The quantitative estimate of drug-likeness (QED) is 0.821. The summed E-state index contributed by atoms with van der Waals surface area (Å²) in [6.45, 7) is 2.12. The van der Waals surface area contributed by atoms with Crippen molar-refractivity contribution < 1.29 is 14.3 Å². The van der Waals surface area contributed by atoms with Gasteiger partial charge in [-0.05, 0) is 49.8 Å². The Labute approximate surface area is 162 Å². The molecule has 5 nitrogen and oxygen atoms in total. The summed E-state index contributed by atoms with van der Waals surface area (Å²) in [6.07, 6.45) is 5.70. The molecule has 0 radical (unpaired) electrons. The van der Waals surface area contributed by atoms with Gasteiger partial charge in [0.25, 0.3) is 0 Å². The molecule has 2 unspecified atom stereocenters. The fourth-order valence-electron chi connectivity index (χ4n) is 4.14. The summed E-state index contributed by atoms with van der Waals surface area (Å²) < 4.78 is 10.8. The molecule has 146 valence electrons. The second kappa shape index (κ2) is 9.58. The normalized spacial score (nSPS) is 25.0. The largest absolute Gasteiger partial charge is 0.497 e. The molecule has 2 atom stereocenters. The van der Waals surface area contributed by atoms with Crippen LogP contribution in [0.15, 0.2) is 24.3 Å². The maximum absolute atomic E-state index is 12.6. The minimum atomic E-state index is -0.0586. The molecule has 0 spiro atoms. The van der Waals surface area contributed by atoms with Gasteiger partial charge in [-0.2, -0.15) is 0 Å². The first-order valence-corrected chi connectivity index (χ1v) is 9.38. The van der Waals surface area contributed by atoms with Crippen LogP contribution in [-0.4, -0.2) is 38.8 Å². The SMILES string of the molecule is COc1ccc(C2(CNC(=O)C3CCCC(N)C3)CCOCC2)cc1.Cl. The molecule has 0 bridgehead atoms. The second-order valence-corrected chi connectivity index (χ2v) is 7.46. The number of amides is 1. The molecule has 3 rings (SSSR count). The Morgan fingerprint density at radius 3 is 2.58 bits per heavy atom. The smallest absolute Gasteiger partial charge is 0.223 e. The van der Waals surface area contributed by atoms with Gasteiger partial charge in [0.1, 0.15) is 5.75 Å². The van der Waals surface area contributed by atoms with Crippen LogP contribution in [0.25, 0.3) is 0 Å². The highest BCUT2D eigenvalue weighted by molar-refractivity contribution is 5.85. The Bertz CT molecular complexity index is 573. The monoisotopic (exact) mass is 382 g/mol. The second-order valence-electron chi connectivity index (χ2n) is 7.46. The Balaban J connectivity index is 0.00000243. The van der Waals surface area contributed by atoms with Crippen LogP contribution in [0.2, 0.25) is 0 Å². The number of methoxy groups -OCH3 is 1. The van der Waals surface area contributed by atoms with Gasteiger partial charge in [-0.1, -0.05) is 18.6 Å². The minimum Gasteiger partial charge on any atom is -0.497 e. The van der Waals surface area contributed by atoms with Crippen LogP contribution in [-0.2, 0) is 14.9 Å². The van der Waals surface area contributed by atoms with Crippen molar-refractivity contribution in [3.8, 4) is 5.75 Å². The van der Waals surface area contributed by atoms with Crippen LogP contribution in [0, 0.1) is 5.92 Å². The lowest BCUT2D eigenvalue weighted by Crippen LogP contribution is -2.47. The molecule has 3 N–H and O–H groups in total. The lowest BCUT2D eigenvalue weighted by Gasteiger charge is -2.38. The lowest BCUT2D eigenvalue weighted by molar-refractivity contribution is -0.126. The van der Waals surface area contributed by atoms with Gasteiger partial charge in [0.15, 0.2) is 0 Å². The molecule has 1 saturated carbocycles. The summed E-state index contributed by atoms with van der Waals surface area (Å²) in [7, 11) is 1.67. The number of carbonyl (C=O) groups excluding carboxylic acids is 1. The maximum Gasteiger partial charge on any atom is 0.223 e. The molecule has 1 saturated heterocycles. The minimum absolute atomic E-state index is 0. The first-order chi connectivity index (χ1) is 12.1. The van der Waals surface area contributed by atoms with Crippen LogP contribution >= 0.6 is 12.4 Å². The predicted octanol–water partition coefficient (Wildman–Crippen LogP) is 2.80. The summed E-state index contributed by atoms with van der Waals surface area (Å²) in [5.74, 6) is 1.08. The molecule has 2 fully saturated rings. The van der Waals surface area contributed by atoms with E-state index in [0.29, 0.717) is 6.54 Å². The number of rotatable bonds is 5. The fourth-order valence-corrected chi connectivity index (χ4v) is 4.14. The van der Waals surface area contributed by atoms with Gasteiger partial charge >= 0.3 is 0 Å². The number of carbonyl (C=O) groups is 1. The van der Waals surface area contributed by atoms with E-state index in [1.165, 1.54) is 5.56 Å². The number of benzene rings is 1. The molecule has 1 aromatic carbocycles. The van der Waals surface area contributed by atoms with E-state index in [9.17, 15) is 4.79 Å². The van der Waals surface area contributed by atoms with Gasteiger partial charge in [0.2, 0.25) is 5.91 Å². The fraction of sp³-hybridized carbons (Fsp3) is 0.650. The molecule has 26 heavy (non-hydrogen) atoms. The Morgan fingerprint density at radius 2 is 1.96 bits per heavy atom. The highest BCUT2D eigenvalue weighted by Gasteiger charge is 2.36. The van der Waals surface area contributed by atoms with Crippen LogP contribution in [0.5, 0.6) is 5.75 Å². The zero-order valence-electron chi connectivity index (χ0n) is 15.5. The van der Waals surface area contributed by atoms with E-state index >= 15 is 0 Å². The highest BCUT2D eigenvalue weighted by atomic mass is 35.5. The number of ether oxygens (including phenoxy) is 2. The highest BCUT2D eigenvalue weighted by Crippen LogP contribution is 2.35. The van der Waals surface area contributed by atoms with Gasteiger partial charge in [0, 0.05) is 37.1 Å². The standard InChI is InChI=1S/C20H30N2O3.ClH/c1-24-18-7-5-16(6-8-18)20(9-11-25-12-10-20)14-22-19(23)15-3-2-4-17(21)13-15;/h5-8,15,17H,2-4,9-14,21H2,1H3,(H,22,23);1H. The predicted molar refractivity (Wildman–Crippen MR) is 105 cm³/mol. The third-order valence-electron chi connectivity index (χ3n) is 5.84. The van der Waals surface area contributed by atoms with E-state index in [-0.39, 0.29) is 35.7 Å². The van der Waals surface area contributed by atoms with Gasteiger partial charge in [-0.3, -0.25) is 4.79 Å². The Morgan fingerprint density at radius 1 is 1.27 bits per heavy atom. The number of hydrogen-bond acceptors (Lipinski definition) is 4. The first kappa shape index (κ1) is 21.0. The molecular formula is C20H31ClN2O3. The summed E-state index contributed by atoms with van der Waals surface area (Å²) in [4.78, 5) is 12.6. The van der Waals surface area contributed by atoms with Crippen LogP contribution in [0.4, 0.5) is 0 Å². The lowest BCUT2D eigenvalue weighted by atomic mass is 9.74. The topological polar surface area (TPSA) is 73.6 Å². The Hall–Kier alpha value is -1.30. The molecule has 2 aliphatic rings. The van der Waals surface area contributed by atoms with Crippen molar-refractivity contribution in [2.45, 2.75) is 50.0 Å². The molecule has 0 aromatic heterocycles. The molecule has 1 amide bonds. The zero-order chi connectivity index (χ0) is 17.7. The van der Waals surface area contributed by atoms with Crippen molar-refractivity contribution in [3.05, 3.63) is 29.8 Å². The number of nitrogens with one attached hydrogen (secondary N) is 1. The molecule has 6 heteroatoms. The first-order valence-electron chi connectivity index (χ1n) is 9.38. The summed E-state index contributed by atoms with van der Waals surface area (Å²) in [5.41, 5.74) is 7.23. The van der Waals surface area contributed by atoms with Crippen molar-refractivity contribution in [1.82, 2.24) is 5.32 Å². The van der Waals surface area contributed by atoms with Crippen molar-refractivity contribution in [2.24, 2.45) is 11.7 Å². The summed E-state index contributed by atoms with van der Waals surface area (Å²) >= 11 is 0. The summed E-state index contributed by atoms with van der Waals surface area (Å²) in [5, 5.41) is 3.23. The van der Waals surface area contributed by atoms with Crippen molar-refractivity contribution in [3.63, 3.8) is 0 Å². The maximum atomic E-state index is 12.6.